The lowest BCUT2D eigenvalue weighted by molar-refractivity contribution is -0.133. The summed E-state index contributed by atoms with van der Waals surface area (Å²) < 4.78 is 24.5. The van der Waals surface area contributed by atoms with E-state index in [-0.39, 0.29) is 17.8 Å². The number of ether oxygens (including phenoxy) is 2. The lowest BCUT2D eigenvalue weighted by Gasteiger charge is -2.25. The predicted molar refractivity (Wildman–Crippen MR) is 100.0 cm³/mol. The Morgan fingerprint density at radius 3 is 2.96 bits per heavy atom. The van der Waals surface area contributed by atoms with Crippen molar-refractivity contribution >= 4 is 17.2 Å². The zero-order valence-corrected chi connectivity index (χ0v) is 15.8. The second-order valence-electron chi connectivity index (χ2n) is 6.46. The zero-order valence-electron chi connectivity index (χ0n) is 14.9. The van der Waals surface area contributed by atoms with E-state index in [0.29, 0.717) is 25.9 Å². The van der Waals surface area contributed by atoms with Crippen molar-refractivity contribution in [2.24, 2.45) is 0 Å². The molecule has 140 valence electrons. The molecule has 0 saturated carbocycles. The Morgan fingerprint density at radius 1 is 1.42 bits per heavy atom. The average Bonchev–Trinajstić information content (AvgIpc) is 3.33. The number of methoxy groups -OCH3 is 1. The number of amides is 1. The van der Waals surface area contributed by atoms with Gasteiger partial charge in [-0.25, -0.2) is 4.39 Å². The van der Waals surface area contributed by atoms with E-state index in [1.807, 2.05) is 22.4 Å². The van der Waals surface area contributed by atoms with Crippen LogP contribution < -0.4 is 4.74 Å². The van der Waals surface area contributed by atoms with Gasteiger partial charge in [0.25, 0.3) is 0 Å². The molecule has 0 spiro atoms. The molecule has 1 aromatic carbocycles. The minimum atomic E-state index is -0.396. The molecule has 4 nitrogen and oxygen atoms in total. The van der Waals surface area contributed by atoms with Gasteiger partial charge in [0.1, 0.15) is 0 Å². The standard InChI is InChI=1S/C20H24FNO3S/c1-24-19-8-6-15(12-18(19)21)7-9-20(23)22(13-16-4-2-10-25-16)14-17-5-3-11-26-17/h3,5-6,8,11-12,16H,2,4,7,9-10,13-14H2,1H3. The first kappa shape index (κ1) is 18.9. The molecule has 2 heterocycles. The molecule has 0 radical (unpaired) electrons. The number of aryl methyl sites for hydroxylation is 1. The van der Waals surface area contributed by atoms with Crippen LogP contribution in [0.3, 0.4) is 0 Å². The summed E-state index contributed by atoms with van der Waals surface area (Å²) in [5, 5.41) is 2.02. The Labute approximate surface area is 157 Å². The minimum Gasteiger partial charge on any atom is -0.494 e. The average molecular weight is 377 g/mol. The molecule has 1 aliphatic heterocycles. The van der Waals surface area contributed by atoms with E-state index in [9.17, 15) is 9.18 Å². The van der Waals surface area contributed by atoms with Gasteiger partial charge in [0.05, 0.1) is 19.8 Å². The van der Waals surface area contributed by atoms with Crippen molar-refractivity contribution in [3.05, 3.63) is 52.0 Å². The fourth-order valence-electron chi connectivity index (χ4n) is 3.15. The highest BCUT2D eigenvalue weighted by Gasteiger charge is 2.23. The third kappa shape index (κ3) is 5.05. The fourth-order valence-corrected chi connectivity index (χ4v) is 3.87. The summed E-state index contributed by atoms with van der Waals surface area (Å²) >= 11 is 1.65. The van der Waals surface area contributed by atoms with Gasteiger partial charge in [-0.05, 0) is 48.4 Å². The second kappa shape index (κ2) is 9.14. The van der Waals surface area contributed by atoms with Crippen LogP contribution in [0.25, 0.3) is 0 Å². The number of hydrogen-bond donors (Lipinski definition) is 0. The molecule has 0 bridgehead atoms. The summed E-state index contributed by atoms with van der Waals surface area (Å²) in [6.45, 7) is 2.00. The van der Waals surface area contributed by atoms with Crippen LogP contribution in [0.15, 0.2) is 35.7 Å². The number of thiophene rings is 1. The molecule has 1 atom stereocenters. The maximum Gasteiger partial charge on any atom is 0.223 e. The maximum atomic E-state index is 13.8. The van der Waals surface area contributed by atoms with Crippen LogP contribution >= 0.6 is 11.3 Å². The fraction of sp³-hybridized carbons (Fsp3) is 0.450. The van der Waals surface area contributed by atoms with Crippen molar-refractivity contribution in [2.45, 2.75) is 38.3 Å². The summed E-state index contributed by atoms with van der Waals surface area (Å²) in [4.78, 5) is 15.8. The predicted octanol–water partition coefficient (Wildman–Crippen LogP) is 4.04. The molecule has 1 amide bonds. The monoisotopic (exact) mass is 377 g/mol. The Hall–Kier alpha value is -1.92. The van der Waals surface area contributed by atoms with Crippen LogP contribution in [0.4, 0.5) is 4.39 Å². The van der Waals surface area contributed by atoms with Crippen molar-refractivity contribution in [3.63, 3.8) is 0 Å². The van der Waals surface area contributed by atoms with Gasteiger partial charge in [-0.2, -0.15) is 0 Å². The normalized spacial score (nSPS) is 16.6. The molecule has 26 heavy (non-hydrogen) atoms. The van der Waals surface area contributed by atoms with Crippen LogP contribution in [0.5, 0.6) is 5.75 Å². The minimum absolute atomic E-state index is 0.0742. The molecule has 2 aromatic rings. The number of halogens is 1. The second-order valence-corrected chi connectivity index (χ2v) is 7.49. The zero-order chi connectivity index (χ0) is 18.4. The molecule has 1 aromatic heterocycles. The highest BCUT2D eigenvalue weighted by atomic mass is 32.1. The number of nitrogens with zero attached hydrogens (tertiary/aromatic N) is 1. The van der Waals surface area contributed by atoms with Crippen LogP contribution in [0.1, 0.15) is 29.7 Å². The Morgan fingerprint density at radius 2 is 2.31 bits per heavy atom. The lowest BCUT2D eigenvalue weighted by atomic mass is 10.1. The van der Waals surface area contributed by atoms with E-state index < -0.39 is 5.82 Å². The largest absolute Gasteiger partial charge is 0.494 e. The molecular formula is C20H24FNO3S. The van der Waals surface area contributed by atoms with Crippen molar-refractivity contribution < 1.29 is 18.7 Å². The third-order valence-electron chi connectivity index (χ3n) is 4.57. The molecule has 1 aliphatic rings. The summed E-state index contributed by atoms with van der Waals surface area (Å²) in [5.74, 6) is -0.102. The molecule has 0 N–H and O–H groups in total. The first-order chi connectivity index (χ1) is 12.7. The molecule has 1 unspecified atom stereocenters. The maximum absolute atomic E-state index is 13.8. The van der Waals surface area contributed by atoms with Gasteiger partial charge in [0.15, 0.2) is 11.6 Å². The van der Waals surface area contributed by atoms with E-state index >= 15 is 0 Å². The first-order valence-corrected chi connectivity index (χ1v) is 9.78. The molecule has 0 aliphatic carbocycles. The topological polar surface area (TPSA) is 38.8 Å². The summed E-state index contributed by atoms with van der Waals surface area (Å²) in [7, 11) is 1.44. The summed E-state index contributed by atoms with van der Waals surface area (Å²) in [6, 6.07) is 8.88. The number of rotatable bonds is 8. The van der Waals surface area contributed by atoms with Gasteiger partial charge in [0.2, 0.25) is 5.91 Å². The summed E-state index contributed by atoms with van der Waals surface area (Å²) in [5.41, 5.74) is 0.796. The van der Waals surface area contributed by atoms with Crippen LogP contribution in [-0.2, 0) is 22.5 Å². The highest BCUT2D eigenvalue weighted by Crippen LogP contribution is 2.20. The number of carbonyl (C=O) groups is 1. The molecular weight excluding hydrogens is 353 g/mol. The Bertz CT molecular complexity index is 714. The van der Waals surface area contributed by atoms with Crippen molar-refractivity contribution in [1.29, 1.82) is 0 Å². The van der Waals surface area contributed by atoms with Crippen molar-refractivity contribution in [3.8, 4) is 5.75 Å². The molecule has 1 saturated heterocycles. The van der Waals surface area contributed by atoms with E-state index in [0.717, 1.165) is 29.9 Å². The van der Waals surface area contributed by atoms with Gasteiger partial charge >= 0.3 is 0 Å². The number of carbonyl (C=O) groups excluding carboxylic acids is 1. The van der Waals surface area contributed by atoms with Crippen molar-refractivity contribution in [2.75, 3.05) is 20.3 Å². The summed E-state index contributed by atoms with van der Waals surface area (Å²) in [6.07, 6.45) is 3.03. The van der Waals surface area contributed by atoms with Crippen molar-refractivity contribution in [1.82, 2.24) is 4.90 Å². The third-order valence-corrected chi connectivity index (χ3v) is 5.43. The smallest absolute Gasteiger partial charge is 0.223 e. The van der Waals surface area contributed by atoms with Crippen LogP contribution in [-0.4, -0.2) is 37.2 Å². The quantitative estimate of drug-likeness (QED) is 0.697. The van der Waals surface area contributed by atoms with E-state index in [1.54, 1.807) is 23.5 Å². The SMILES string of the molecule is COc1ccc(CCC(=O)N(Cc2cccs2)CC2CCCO2)cc1F. The van der Waals surface area contributed by atoms with E-state index in [4.69, 9.17) is 9.47 Å². The van der Waals surface area contributed by atoms with Gasteiger partial charge in [-0.1, -0.05) is 12.1 Å². The van der Waals surface area contributed by atoms with Gasteiger partial charge in [0, 0.05) is 24.4 Å². The van der Waals surface area contributed by atoms with Gasteiger partial charge in [-0.3, -0.25) is 4.79 Å². The van der Waals surface area contributed by atoms with E-state index in [1.165, 1.54) is 13.2 Å². The Balaban J connectivity index is 1.61. The van der Waals surface area contributed by atoms with E-state index in [2.05, 4.69) is 0 Å². The van der Waals surface area contributed by atoms with Crippen LogP contribution in [0, 0.1) is 5.82 Å². The lowest BCUT2D eigenvalue weighted by Crippen LogP contribution is -2.36. The highest BCUT2D eigenvalue weighted by molar-refractivity contribution is 7.09. The first-order valence-electron chi connectivity index (χ1n) is 8.90. The van der Waals surface area contributed by atoms with Gasteiger partial charge in [-0.15, -0.1) is 11.3 Å². The van der Waals surface area contributed by atoms with Gasteiger partial charge < -0.3 is 14.4 Å². The molecule has 6 heteroatoms. The Kier molecular flexibility index (Phi) is 6.63. The number of benzene rings is 1. The molecule has 1 fully saturated rings. The molecule has 3 rings (SSSR count). The van der Waals surface area contributed by atoms with Crippen LogP contribution in [0.2, 0.25) is 0 Å². The number of hydrogen-bond acceptors (Lipinski definition) is 4.